The van der Waals surface area contributed by atoms with E-state index in [1.165, 1.54) is 11.8 Å². The van der Waals surface area contributed by atoms with Crippen molar-refractivity contribution in [2.45, 2.75) is 31.6 Å². The summed E-state index contributed by atoms with van der Waals surface area (Å²) < 4.78 is 12.5. The van der Waals surface area contributed by atoms with Gasteiger partial charge in [0.05, 0.1) is 11.8 Å². The van der Waals surface area contributed by atoms with E-state index in [0.29, 0.717) is 34.6 Å². The van der Waals surface area contributed by atoms with Gasteiger partial charge in [0.15, 0.2) is 22.5 Å². The third kappa shape index (κ3) is 5.51. The van der Waals surface area contributed by atoms with E-state index < -0.39 is 0 Å². The molecule has 3 aromatic rings. The van der Waals surface area contributed by atoms with Gasteiger partial charge in [0.2, 0.25) is 12.7 Å². The fourth-order valence-electron chi connectivity index (χ4n) is 3.49. The summed E-state index contributed by atoms with van der Waals surface area (Å²) in [4.78, 5) is 25.2. The van der Waals surface area contributed by atoms with Crippen LogP contribution in [0.5, 0.6) is 11.5 Å². The largest absolute Gasteiger partial charge is 0.454 e. The summed E-state index contributed by atoms with van der Waals surface area (Å²) in [6, 6.07) is 14.5. The predicted octanol–water partition coefficient (Wildman–Crippen LogP) is 3.08. The normalized spacial score (nSPS) is 13.1. The van der Waals surface area contributed by atoms with Crippen molar-refractivity contribution >= 4 is 23.6 Å². The van der Waals surface area contributed by atoms with Crippen LogP contribution in [0.4, 0.5) is 0 Å². The Morgan fingerprint density at radius 1 is 1.09 bits per heavy atom. The van der Waals surface area contributed by atoms with Crippen molar-refractivity contribution in [3.8, 4) is 11.5 Å². The van der Waals surface area contributed by atoms with Gasteiger partial charge in [-0.3, -0.25) is 9.59 Å². The molecule has 0 saturated carbocycles. The number of nitrogens with zero attached hydrogens (tertiary/aromatic N) is 3. The summed E-state index contributed by atoms with van der Waals surface area (Å²) in [5.74, 6) is 1.75. The maximum atomic E-state index is 12.9. The van der Waals surface area contributed by atoms with Gasteiger partial charge in [0, 0.05) is 19.2 Å². The molecular weight excluding hydrogens is 454 g/mol. The summed E-state index contributed by atoms with van der Waals surface area (Å²) in [6.07, 6.45) is 0. The van der Waals surface area contributed by atoms with E-state index in [0.717, 1.165) is 5.56 Å². The first-order valence-corrected chi connectivity index (χ1v) is 11.9. The number of rotatable bonds is 9. The van der Waals surface area contributed by atoms with Crippen molar-refractivity contribution in [3.05, 3.63) is 65.5 Å². The van der Waals surface area contributed by atoms with Gasteiger partial charge in [-0.15, -0.1) is 10.2 Å². The molecule has 0 saturated heterocycles. The number of hydrogen-bond acceptors (Lipinski definition) is 7. The molecule has 2 N–H and O–H groups in total. The summed E-state index contributed by atoms with van der Waals surface area (Å²) >= 11 is 1.30. The molecule has 0 spiro atoms. The highest BCUT2D eigenvalue weighted by Crippen LogP contribution is 2.33. The molecule has 0 aliphatic carbocycles. The van der Waals surface area contributed by atoms with E-state index in [2.05, 4.69) is 20.8 Å². The van der Waals surface area contributed by atoms with Crippen molar-refractivity contribution in [1.29, 1.82) is 0 Å². The SMILES string of the molecule is CC(C)C(NC(=O)c1ccc2c(c1)OCO2)c1nnc(SCC(=O)NCc2ccccc2)n1C. The number of carbonyl (C=O) groups excluding carboxylic acids is 2. The van der Waals surface area contributed by atoms with Crippen LogP contribution in [0, 0.1) is 5.92 Å². The third-order valence-corrected chi connectivity index (χ3v) is 6.42. The second-order valence-electron chi connectivity index (χ2n) is 8.21. The Balaban J connectivity index is 1.37. The van der Waals surface area contributed by atoms with Gasteiger partial charge in [0.25, 0.3) is 5.91 Å². The zero-order valence-electron chi connectivity index (χ0n) is 19.3. The van der Waals surface area contributed by atoms with Gasteiger partial charge in [-0.05, 0) is 29.7 Å². The number of hydrogen-bond donors (Lipinski definition) is 2. The van der Waals surface area contributed by atoms with Crippen molar-refractivity contribution in [2.24, 2.45) is 13.0 Å². The predicted molar refractivity (Wildman–Crippen MR) is 128 cm³/mol. The molecule has 1 atom stereocenters. The fourth-order valence-corrected chi connectivity index (χ4v) is 4.24. The summed E-state index contributed by atoms with van der Waals surface area (Å²) in [6.45, 7) is 4.64. The maximum Gasteiger partial charge on any atom is 0.252 e. The van der Waals surface area contributed by atoms with E-state index >= 15 is 0 Å². The van der Waals surface area contributed by atoms with Crippen LogP contribution in [-0.2, 0) is 18.4 Å². The molecule has 4 rings (SSSR count). The molecule has 34 heavy (non-hydrogen) atoms. The van der Waals surface area contributed by atoms with Gasteiger partial charge in [0.1, 0.15) is 0 Å². The smallest absolute Gasteiger partial charge is 0.252 e. The molecule has 2 amide bonds. The van der Waals surface area contributed by atoms with Crippen molar-refractivity contribution in [3.63, 3.8) is 0 Å². The van der Waals surface area contributed by atoms with Gasteiger partial charge in [-0.1, -0.05) is 55.9 Å². The molecule has 178 valence electrons. The lowest BCUT2D eigenvalue weighted by Gasteiger charge is -2.21. The van der Waals surface area contributed by atoms with Crippen LogP contribution in [0.2, 0.25) is 0 Å². The molecule has 9 nitrogen and oxygen atoms in total. The monoisotopic (exact) mass is 481 g/mol. The van der Waals surface area contributed by atoms with Crippen molar-refractivity contribution in [2.75, 3.05) is 12.5 Å². The lowest BCUT2D eigenvalue weighted by molar-refractivity contribution is -0.118. The van der Waals surface area contributed by atoms with Crippen LogP contribution in [-0.4, -0.2) is 39.1 Å². The number of aromatic nitrogens is 3. The molecule has 1 aromatic heterocycles. The molecule has 1 unspecified atom stereocenters. The first-order chi connectivity index (χ1) is 16.4. The number of thioether (sulfide) groups is 1. The van der Waals surface area contributed by atoms with Crippen molar-refractivity contribution < 1.29 is 19.1 Å². The average molecular weight is 482 g/mol. The Hall–Kier alpha value is -3.53. The molecule has 1 aliphatic rings. The van der Waals surface area contributed by atoms with E-state index in [1.807, 2.05) is 55.8 Å². The van der Waals surface area contributed by atoms with E-state index in [9.17, 15) is 9.59 Å². The van der Waals surface area contributed by atoms with Crippen LogP contribution >= 0.6 is 11.8 Å². The minimum absolute atomic E-state index is 0.0629. The minimum atomic E-state index is -0.364. The Bertz CT molecular complexity index is 1170. The van der Waals surface area contributed by atoms with E-state index in [1.54, 1.807) is 18.2 Å². The Labute approximate surface area is 202 Å². The van der Waals surface area contributed by atoms with Crippen LogP contribution in [0.15, 0.2) is 53.7 Å². The topological polar surface area (TPSA) is 107 Å². The first kappa shape index (κ1) is 23.6. The quantitative estimate of drug-likeness (QED) is 0.452. The number of nitrogens with one attached hydrogen (secondary N) is 2. The first-order valence-electron chi connectivity index (χ1n) is 11.0. The molecule has 1 aliphatic heterocycles. The number of benzene rings is 2. The lowest BCUT2D eigenvalue weighted by atomic mass is 10.0. The van der Waals surface area contributed by atoms with Crippen LogP contribution in [0.3, 0.4) is 0 Å². The van der Waals surface area contributed by atoms with Crippen molar-refractivity contribution in [1.82, 2.24) is 25.4 Å². The Morgan fingerprint density at radius 3 is 2.62 bits per heavy atom. The zero-order valence-corrected chi connectivity index (χ0v) is 20.1. The van der Waals surface area contributed by atoms with Crippen LogP contribution in [0.1, 0.15) is 41.6 Å². The average Bonchev–Trinajstić information content (AvgIpc) is 3.46. The molecular formula is C24H27N5O4S. The standard InChI is InChI=1S/C24H27N5O4S/c1-15(2)21(26-23(31)17-9-10-18-19(11-17)33-14-32-18)22-27-28-24(29(22)3)34-13-20(30)25-12-16-7-5-4-6-8-16/h4-11,15,21H,12-14H2,1-3H3,(H,25,30)(H,26,31). The molecule has 2 heterocycles. The van der Waals surface area contributed by atoms with Gasteiger partial charge < -0.3 is 24.7 Å². The third-order valence-electron chi connectivity index (χ3n) is 5.40. The van der Waals surface area contributed by atoms with Gasteiger partial charge in [-0.25, -0.2) is 0 Å². The van der Waals surface area contributed by atoms with E-state index in [-0.39, 0.29) is 36.3 Å². The highest BCUT2D eigenvalue weighted by Gasteiger charge is 2.26. The Kier molecular flexibility index (Phi) is 7.36. The number of amides is 2. The zero-order chi connectivity index (χ0) is 24.1. The molecule has 0 bridgehead atoms. The molecule has 0 fully saturated rings. The molecule has 0 radical (unpaired) electrons. The molecule has 2 aromatic carbocycles. The number of carbonyl (C=O) groups is 2. The van der Waals surface area contributed by atoms with Crippen LogP contribution in [0.25, 0.3) is 0 Å². The lowest BCUT2D eigenvalue weighted by Crippen LogP contribution is -2.33. The highest BCUT2D eigenvalue weighted by molar-refractivity contribution is 7.99. The fraction of sp³-hybridized carbons (Fsp3) is 0.333. The number of fused-ring (bicyclic) bond motifs is 1. The summed E-state index contributed by atoms with van der Waals surface area (Å²) in [7, 11) is 1.83. The summed E-state index contributed by atoms with van der Waals surface area (Å²) in [5, 5.41) is 15.1. The second-order valence-corrected chi connectivity index (χ2v) is 9.16. The minimum Gasteiger partial charge on any atom is -0.454 e. The Morgan fingerprint density at radius 2 is 1.85 bits per heavy atom. The maximum absolute atomic E-state index is 12.9. The molecule has 10 heteroatoms. The van der Waals surface area contributed by atoms with Gasteiger partial charge >= 0.3 is 0 Å². The second kappa shape index (κ2) is 10.6. The highest BCUT2D eigenvalue weighted by atomic mass is 32.2. The number of ether oxygens (including phenoxy) is 2. The van der Waals surface area contributed by atoms with E-state index in [4.69, 9.17) is 9.47 Å². The van der Waals surface area contributed by atoms with Gasteiger partial charge in [-0.2, -0.15) is 0 Å². The van der Waals surface area contributed by atoms with Crippen LogP contribution < -0.4 is 20.1 Å². The summed E-state index contributed by atoms with van der Waals surface area (Å²) in [5.41, 5.74) is 1.52.